The van der Waals surface area contributed by atoms with E-state index in [0.717, 1.165) is 16.7 Å². The van der Waals surface area contributed by atoms with Gasteiger partial charge >= 0.3 is 0 Å². The molecule has 9 heteroatoms. The predicted molar refractivity (Wildman–Crippen MR) is 128 cm³/mol. The highest BCUT2D eigenvalue weighted by Crippen LogP contribution is 2.34. The summed E-state index contributed by atoms with van der Waals surface area (Å²) in [5.41, 5.74) is 5.79. The van der Waals surface area contributed by atoms with Crippen molar-refractivity contribution in [3.05, 3.63) is 89.0 Å². The van der Waals surface area contributed by atoms with Crippen LogP contribution in [0.4, 0.5) is 0 Å². The molecular formula is C25H25N3O5S. The first kappa shape index (κ1) is 23.5. The molecule has 3 aromatic rings. The molecule has 1 aliphatic rings. The molecule has 176 valence electrons. The third-order valence-electron chi connectivity index (χ3n) is 5.37. The van der Waals surface area contributed by atoms with Gasteiger partial charge in [-0.2, -0.15) is 5.10 Å². The molecule has 0 saturated heterocycles. The first-order valence-electron chi connectivity index (χ1n) is 10.7. The zero-order valence-corrected chi connectivity index (χ0v) is 19.6. The summed E-state index contributed by atoms with van der Waals surface area (Å²) in [6.07, 6.45) is 1.38. The minimum absolute atomic E-state index is 0.132. The topological polar surface area (TPSA) is 106 Å². The molecule has 1 aliphatic heterocycles. The predicted octanol–water partition coefficient (Wildman–Crippen LogP) is 3.59. The van der Waals surface area contributed by atoms with E-state index in [1.165, 1.54) is 18.3 Å². The van der Waals surface area contributed by atoms with Gasteiger partial charge in [0, 0.05) is 12.0 Å². The van der Waals surface area contributed by atoms with E-state index in [9.17, 15) is 13.2 Å². The summed E-state index contributed by atoms with van der Waals surface area (Å²) in [6, 6.07) is 18.4. The van der Waals surface area contributed by atoms with E-state index in [0.29, 0.717) is 17.1 Å². The number of carbonyl (C=O) groups excluding carboxylic acids is 1. The van der Waals surface area contributed by atoms with Crippen molar-refractivity contribution >= 4 is 22.1 Å². The number of ether oxygens (including phenoxy) is 2. The minimum Gasteiger partial charge on any atom is -0.454 e. The van der Waals surface area contributed by atoms with Gasteiger partial charge in [0.2, 0.25) is 22.7 Å². The van der Waals surface area contributed by atoms with E-state index in [1.807, 2.05) is 26.0 Å². The number of carbonyl (C=O) groups is 1. The summed E-state index contributed by atoms with van der Waals surface area (Å²) >= 11 is 0. The van der Waals surface area contributed by atoms with Crippen molar-refractivity contribution in [3.8, 4) is 11.5 Å². The molecule has 1 atom stereocenters. The fourth-order valence-corrected chi connectivity index (χ4v) is 4.71. The number of nitrogens with zero attached hydrogens (tertiary/aromatic N) is 1. The number of nitrogens with one attached hydrogen (secondary N) is 2. The molecule has 3 aromatic carbocycles. The average Bonchev–Trinajstić information content (AvgIpc) is 3.26. The maximum absolute atomic E-state index is 12.9. The second-order valence-corrected chi connectivity index (χ2v) is 9.67. The summed E-state index contributed by atoms with van der Waals surface area (Å²) in [7, 11) is -3.84. The number of benzene rings is 3. The van der Waals surface area contributed by atoms with E-state index in [4.69, 9.17) is 9.47 Å². The third-order valence-corrected chi connectivity index (χ3v) is 6.86. The SMILES string of the molecule is Cc1ccc(S(=O)(=O)N[C@@H](CC(=O)N/N=C\c2cc3c(cc2C)OCO3)c2ccccc2)cc1. The zero-order chi connectivity index (χ0) is 24.1. The maximum atomic E-state index is 12.9. The van der Waals surface area contributed by atoms with Crippen LogP contribution in [0.1, 0.15) is 34.7 Å². The Morgan fingerprint density at radius 1 is 1.03 bits per heavy atom. The average molecular weight is 480 g/mol. The highest BCUT2D eigenvalue weighted by atomic mass is 32.2. The quantitative estimate of drug-likeness (QED) is 0.379. The number of sulfonamides is 1. The highest BCUT2D eigenvalue weighted by molar-refractivity contribution is 7.89. The van der Waals surface area contributed by atoms with E-state index in [-0.39, 0.29) is 18.1 Å². The van der Waals surface area contributed by atoms with Crippen molar-refractivity contribution in [2.45, 2.75) is 31.2 Å². The Bertz CT molecular complexity index is 1310. The van der Waals surface area contributed by atoms with Crippen LogP contribution in [0.25, 0.3) is 0 Å². The molecule has 1 amide bonds. The molecule has 8 nitrogen and oxygen atoms in total. The molecule has 0 aliphatic carbocycles. The Labute approximate surface area is 198 Å². The lowest BCUT2D eigenvalue weighted by Crippen LogP contribution is -2.32. The normalized spacial score (nSPS) is 13.7. The molecule has 4 rings (SSSR count). The molecule has 0 radical (unpaired) electrons. The van der Waals surface area contributed by atoms with Gasteiger partial charge in [-0.1, -0.05) is 48.0 Å². The van der Waals surface area contributed by atoms with Crippen LogP contribution >= 0.6 is 0 Å². The van der Waals surface area contributed by atoms with Crippen molar-refractivity contribution in [1.82, 2.24) is 10.1 Å². The van der Waals surface area contributed by atoms with Gasteiger partial charge in [-0.15, -0.1) is 0 Å². The summed E-state index contributed by atoms with van der Waals surface area (Å²) in [4.78, 5) is 12.8. The van der Waals surface area contributed by atoms with Crippen molar-refractivity contribution < 1.29 is 22.7 Å². The number of amides is 1. The van der Waals surface area contributed by atoms with E-state index in [2.05, 4.69) is 15.2 Å². The van der Waals surface area contributed by atoms with E-state index < -0.39 is 22.0 Å². The van der Waals surface area contributed by atoms with Gasteiger partial charge in [-0.25, -0.2) is 18.6 Å². The van der Waals surface area contributed by atoms with Crippen molar-refractivity contribution in [2.24, 2.45) is 5.10 Å². The molecule has 0 fully saturated rings. The van der Waals surface area contributed by atoms with Gasteiger partial charge in [-0.3, -0.25) is 4.79 Å². The molecule has 0 spiro atoms. The molecule has 0 saturated carbocycles. The molecular weight excluding hydrogens is 454 g/mol. The Morgan fingerprint density at radius 2 is 1.71 bits per heavy atom. The summed E-state index contributed by atoms with van der Waals surface area (Å²) in [6.45, 7) is 3.95. The van der Waals surface area contributed by atoms with Crippen molar-refractivity contribution in [2.75, 3.05) is 6.79 Å². The van der Waals surface area contributed by atoms with Gasteiger partial charge in [-0.05, 0) is 49.2 Å². The van der Waals surface area contributed by atoms with E-state index in [1.54, 1.807) is 42.5 Å². The lowest BCUT2D eigenvalue weighted by molar-refractivity contribution is -0.121. The highest BCUT2D eigenvalue weighted by Gasteiger charge is 2.24. The Morgan fingerprint density at radius 3 is 2.41 bits per heavy atom. The first-order valence-corrected chi connectivity index (χ1v) is 12.2. The number of aryl methyl sites for hydroxylation is 2. The molecule has 1 heterocycles. The fourth-order valence-electron chi connectivity index (χ4n) is 3.49. The maximum Gasteiger partial charge on any atom is 0.242 e. The van der Waals surface area contributed by atoms with E-state index >= 15 is 0 Å². The molecule has 0 unspecified atom stereocenters. The second kappa shape index (κ2) is 10.1. The van der Waals surface area contributed by atoms with Crippen LogP contribution in [-0.4, -0.2) is 27.3 Å². The lowest BCUT2D eigenvalue weighted by atomic mass is 10.0. The number of fused-ring (bicyclic) bond motifs is 1. The second-order valence-electron chi connectivity index (χ2n) is 7.96. The lowest BCUT2D eigenvalue weighted by Gasteiger charge is -2.18. The Kier molecular flexibility index (Phi) is 6.95. The molecule has 0 aromatic heterocycles. The first-order chi connectivity index (χ1) is 16.3. The van der Waals surface area contributed by atoms with Crippen LogP contribution in [0.5, 0.6) is 11.5 Å². The minimum atomic E-state index is -3.84. The van der Waals surface area contributed by atoms with Gasteiger partial charge < -0.3 is 9.47 Å². The van der Waals surface area contributed by atoms with Gasteiger partial charge in [0.1, 0.15) is 0 Å². The van der Waals surface area contributed by atoms with Crippen LogP contribution < -0.4 is 19.6 Å². The van der Waals surface area contributed by atoms with Gasteiger partial charge in [0.15, 0.2) is 11.5 Å². The third kappa shape index (κ3) is 5.62. The Balaban J connectivity index is 1.47. The Hall–Kier alpha value is -3.69. The number of hydrazone groups is 1. The largest absolute Gasteiger partial charge is 0.454 e. The standard InChI is InChI=1S/C25H25N3O5S/c1-17-8-10-21(11-9-17)34(30,31)28-22(19-6-4-3-5-7-19)14-25(29)27-26-15-20-13-24-23(12-18(20)2)32-16-33-24/h3-13,15,22,28H,14,16H2,1-2H3,(H,27,29)/b26-15-/t22-/m0/s1. The number of rotatable bonds is 8. The summed E-state index contributed by atoms with van der Waals surface area (Å²) in [5, 5.41) is 4.04. The summed E-state index contributed by atoms with van der Waals surface area (Å²) < 4.78 is 39.3. The van der Waals surface area contributed by atoms with Crippen molar-refractivity contribution in [1.29, 1.82) is 0 Å². The van der Waals surface area contributed by atoms with Crippen LogP contribution in [0.15, 0.2) is 76.7 Å². The van der Waals surface area contributed by atoms with Gasteiger partial charge in [0.05, 0.1) is 17.2 Å². The fraction of sp³-hybridized carbons (Fsp3) is 0.200. The van der Waals surface area contributed by atoms with Crippen molar-refractivity contribution in [3.63, 3.8) is 0 Å². The molecule has 2 N–H and O–H groups in total. The van der Waals surface area contributed by atoms with Crippen LogP contribution in [-0.2, 0) is 14.8 Å². The number of hydrogen-bond acceptors (Lipinski definition) is 6. The van der Waals surface area contributed by atoms with Crippen LogP contribution in [0.2, 0.25) is 0 Å². The smallest absolute Gasteiger partial charge is 0.242 e. The van der Waals surface area contributed by atoms with Crippen LogP contribution in [0, 0.1) is 13.8 Å². The zero-order valence-electron chi connectivity index (χ0n) is 18.8. The molecule has 0 bridgehead atoms. The summed E-state index contributed by atoms with van der Waals surface area (Å²) in [5.74, 6) is 0.855. The number of hydrogen-bond donors (Lipinski definition) is 2. The molecule has 34 heavy (non-hydrogen) atoms. The van der Waals surface area contributed by atoms with Crippen LogP contribution in [0.3, 0.4) is 0 Å². The van der Waals surface area contributed by atoms with Gasteiger partial charge in [0.25, 0.3) is 0 Å². The monoisotopic (exact) mass is 479 g/mol.